The molecule has 2 N–H and O–H groups in total. The van der Waals surface area contributed by atoms with E-state index in [1.807, 2.05) is 0 Å². The van der Waals surface area contributed by atoms with Crippen LogP contribution in [0.4, 0.5) is 0 Å². The van der Waals surface area contributed by atoms with Gasteiger partial charge in [0.25, 0.3) is 0 Å². The van der Waals surface area contributed by atoms with E-state index in [0.717, 1.165) is 30.7 Å². The summed E-state index contributed by atoms with van der Waals surface area (Å²) in [4.78, 5) is 4.87. The number of nitrogens with zero attached hydrogens (tertiary/aromatic N) is 2. The molecule has 2 aromatic rings. The Balaban J connectivity index is 1.97. The number of fused-ring (bicyclic) bond motifs is 1. The number of nitrogens with two attached hydrogens (primary N) is 1. The van der Waals surface area contributed by atoms with Crippen LogP contribution in [0.25, 0.3) is 11.0 Å². The Morgan fingerprint density at radius 1 is 1.33 bits per heavy atom. The number of aromatic nitrogens is 2. The first-order valence-electron chi connectivity index (χ1n) is 8.28. The Morgan fingerprint density at radius 2 is 2.10 bits per heavy atom. The first kappa shape index (κ1) is 14.6. The molecule has 0 radical (unpaired) electrons. The third-order valence-corrected chi connectivity index (χ3v) is 5.60. The van der Waals surface area contributed by atoms with Gasteiger partial charge in [-0.1, -0.05) is 38.8 Å². The maximum atomic E-state index is 6.82. The second-order valence-corrected chi connectivity index (χ2v) is 6.83. The molecule has 3 nitrogen and oxygen atoms in total. The number of benzene rings is 1. The van der Waals surface area contributed by atoms with E-state index >= 15 is 0 Å². The Bertz CT molecular complexity index is 630. The van der Waals surface area contributed by atoms with E-state index in [4.69, 9.17) is 10.7 Å². The molecule has 0 aliphatic heterocycles. The van der Waals surface area contributed by atoms with Crippen LogP contribution in [0.15, 0.2) is 24.3 Å². The average molecular weight is 285 g/mol. The van der Waals surface area contributed by atoms with E-state index in [-0.39, 0.29) is 5.54 Å². The zero-order chi connectivity index (χ0) is 15.0. The van der Waals surface area contributed by atoms with Crippen molar-refractivity contribution in [1.82, 2.24) is 9.55 Å². The molecule has 3 unspecified atom stereocenters. The van der Waals surface area contributed by atoms with Gasteiger partial charge in [0.2, 0.25) is 0 Å². The largest absolute Gasteiger partial charge is 0.328 e. The number of aryl methyl sites for hydroxylation is 1. The summed E-state index contributed by atoms with van der Waals surface area (Å²) in [7, 11) is 0. The fraction of sp³-hybridized carbons (Fsp3) is 0.611. The highest BCUT2D eigenvalue weighted by Gasteiger charge is 2.39. The van der Waals surface area contributed by atoms with Crippen molar-refractivity contribution in [3.63, 3.8) is 0 Å². The van der Waals surface area contributed by atoms with Gasteiger partial charge in [-0.3, -0.25) is 0 Å². The highest BCUT2D eigenvalue weighted by molar-refractivity contribution is 5.75. The SMILES string of the molecule is CCn1c(CC2(N)CCCC(C)C2C)nc2ccccc21. The van der Waals surface area contributed by atoms with E-state index in [2.05, 4.69) is 49.6 Å². The zero-order valence-electron chi connectivity index (χ0n) is 13.5. The van der Waals surface area contributed by atoms with Crippen LogP contribution in [0.2, 0.25) is 0 Å². The van der Waals surface area contributed by atoms with Crippen LogP contribution in [0.5, 0.6) is 0 Å². The summed E-state index contributed by atoms with van der Waals surface area (Å²) in [6.07, 6.45) is 4.56. The van der Waals surface area contributed by atoms with Gasteiger partial charge in [-0.25, -0.2) is 4.98 Å². The molecule has 3 heteroatoms. The van der Waals surface area contributed by atoms with Crippen LogP contribution in [0, 0.1) is 11.8 Å². The Kier molecular flexibility index (Phi) is 3.78. The number of imidazole rings is 1. The second-order valence-electron chi connectivity index (χ2n) is 6.83. The van der Waals surface area contributed by atoms with Crippen molar-refractivity contribution >= 4 is 11.0 Å². The van der Waals surface area contributed by atoms with E-state index < -0.39 is 0 Å². The fourth-order valence-electron chi connectivity index (χ4n) is 3.95. The van der Waals surface area contributed by atoms with Crippen LogP contribution in [0.1, 0.15) is 45.9 Å². The summed E-state index contributed by atoms with van der Waals surface area (Å²) in [6.45, 7) is 7.81. The van der Waals surface area contributed by atoms with Crippen LogP contribution in [-0.4, -0.2) is 15.1 Å². The molecule has 1 aromatic heterocycles. The minimum Gasteiger partial charge on any atom is -0.328 e. The lowest BCUT2D eigenvalue weighted by Gasteiger charge is -2.43. The standard InChI is InChI=1S/C18H27N3/c1-4-21-16-10-6-5-9-15(16)20-17(21)12-18(19)11-7-8-13(2)14(18)3/h5-6,9-10,13-14H,4,7-8,11-12,19H2,1-3H3. The lowest BCUT2D eigenvalue weighted by Crippen LogP contribution is -2.53. The lowest BCUT2D eigenvalue weighted by atomic mass is 9.67. The van der Waals surface area contributed by atoms with Gasteiger partial charge in [-0.15, -0.1) is 0 Å². The third-order valence-electron chi connectivity index (χ3n) is 5.60. The molecule has 1 aromatic carbocycles. The third kappa shape index (κ3) is 2.48. The first-order chi connectivity index (χ1) is 10.0. The van der Waals surface area contributed by atoms with Crippen LogP contribution >= 0.6 is 0 Å². The molecule has 1 fully saturated rings. The summed E-state index contributed by atoms with van der Waals surface area (Å²) in [5.74, 6) is 2.42. The zero-order valence-corrected chi connectivity index (χ0v) is 13.5. The topological polar surface area (TPSA) is 43.8 Å². The molecule has 1 heterocycles. The minimum atomic E-state index is -0.105. The monoisotopic (exact) mass is 285 g/mol. The predicted molar refractivity (Wildman–Crippen MR) is 88.2 cm³/mol. The van der Waals surface area contributed by atoms with Crippen molar-refractivity contribution in [1.29, 1.82) is 0 Å². The van der Waals surface area contributed by atoms with Crippen molar-refractivity contribution in [3.8, 4) is 0 Å². The van der Waals surface area contributed by atoms with Crippen molar-refractivity contribution in [2.75, 3.05) is 0 Å². The second kappa shape index (κ2) is 5.45. The van der Waals surface area contributed by atoms with Gasteiger partial charge in [0.1, 0.15) is 5.82 Å². The first-order valence-corrected chi connectivity index (χ1v) is 8.28. The van der Waals surface area contributed by atoms with Gasteiger partial charge in [0, 0.05) is 18.5 Å². The maximum Gasteiger partial charge on any atom is 0.111 e. The van der Waals surface area contributed by atoms with Gasteiger partial charge >= 0.3 is 0 Å². The summed E-state index contributed by atoms with van der Waals surface area (Å²) in [5.41, 5.74) is 9.04. The molecule has 3 atom stereocenters. The van der Waals surface area contributed by atoms with Gasteiger partial charge < -0.3 is 10.3 Å². The predicted octanol–water partition coefficient (Wildman–Crippen LogP) is 3.75. The number of para-hydroxylation sites is 2. The lowest BCUT2D eigenvalue weighted by molar-refractivity contribution is 0.140. The number of rotatable bonds is 3. The normalized spacial score (nSPS) is 29.9. The van der Waals surface area contributed by atoms with E-state index in [1.165, 1.54) is 18.4 Å². The average Bonchev–Trinajstić information content (AvgIpc) is 2.81. The summed E-state index contributed by atoms with van der Waals surface area (Å²) in [6, 6.07) is 8.40. The molecule has 0 bridgehead atoms. The molecule has 3 rings (SSSR count). The minimum absolute atomic E-state index is 0.105. The van der Waals surface area contributed by atoms with Gasteiger partial charge in [-0.05, 0) is 37.3 Å². The highest BCUT2D eigenvalue weighted by Crippen LogP contribution is 2.38. The molecule has 0 saturated heterocycles. The molecule has 0 amide bonds. The van der Waals surface area contributed by atoms with Gasteiger partial charge in [0.05, 0.1) is 11.0 Å². The van der Waals surface area contributed by atoms with E-state index in [9.17, 15) is 0 Å². The van der Waals surface area contributed by atoms with Crippen LogP contribution in [-0.2, 0) is 13.0 Å². The van der Waals surface area contributed by atoms with Crippen molar-refractivity contribution < 1.29 is 0 Å². The highest BCUT2D eigenvalue weighted by atomic mass is 15.1. The van der Waals surface area contributed by atoms with Crippen molar-refractivity contribution in [2.45, 2.75) is 58.5 Å². The molecule has 0 spiro atoms. The van der Waals surface area contributed by atoms with Crippen molar-refractivity contribution in [2.24, 2.45) is 17.6 Å². The maximum absolute atomic E-state index is 6.82. The Labute approximate surface area is 127 Å². The number of hydrogen-bond acceptors (Lipinski definition) is 2. The van der Waals surface area contributed by atoms with Crippen LogP contribution < -0.4 is 5.73 Å². The Hall–Kier alpha value is -1.35. The summed E-state index contributed by atoms with van der Waals surface area (Å²) >= 11 is 0. The van der Waals surface area contributed by atoms with E-state index in [0.29, 0.717) is 11.8 Å². The molecule has 1 aliphatic carbocycles. The molecular formula is C18H27N3. The van der Waals surface area contributed by atoms with Crippen molar-refractivity contribution in [3.05, 3.63) is 30.1 Å². The molecular weight excluding hydrogens is 258 g/mol. The quantitative estimate of drug-likeness (QED) is 0.933. The summed E-state index contributed by atoms with van der Waals surface area (Å²) in [5, 5.41) is 0. The van der Waals surface area contributed by atoms with Gasteiger partial charge in [-0.2, -0.15) is 0 Å². The molecule has 114 valence electrons. The fourth-order valence-corrected chi connectivity index (χ4v) is 3.95. The molecule has 21 heavy (non-hydrogen) atoms. The number of hydrogen-bond donors (Lipinski definition) is 1. The molecule has 1 saturated carbocycles. The van der Waals surface area contributed by atoms with Crippen LogP contribution in [0.3, 0.4) is 0 Å². The Morgan fingerprint density at radius 3 is 2.86 bits per heavy atom. The van der Waals surface area contributed by atoms with Gasteiger partial charge in [0.15, 0.2) is 0 Å². The molecule has 1 aliphatic rings. The van der Waals surface area contributed by atoms with E-state index in [1.54, 1.807) is 0 Å². The smallest absolute Gasteiger partial charge is 0.111 e. The summed E-state index contributed by atoms with van der Waals surface area (Å²) < 4.78 is 2.33.